The average molecular weight is 440 g/mol. The van der Waals surface area contributed by atoms with Gasteiger partial charge in [0.15, 0.2) is 0 Å². The number of hydrogen-bond donors (Lipinski definition) is 0. The highest BCUT2D eigenvalue weighted by Crippen LogP contribution is 2.42. The number of ether oxygens (including phenoxy) is 1. The van der Waals surface area contributed by atoms with Crippen LogP contribution in [0, 0.1) is 5.92 Å². The van der Waals surface area contributed by atoms with E-state index in [1.165, 1.54) is 55.6 Å². The highest BCUT2D eigenvalue weighted by Gasteiger charge is 2.37. The fourth-order valence-corrected chi connectivity index (χ4v) is 6.01. The zero-order valence-electron chi connectivity index (χ0n) is 19.7. The molecule has 3 aromatic rings. The zero-order valence-corrected chi connectivity index (χ0v) is 19.7. The quantitative estimate of drug-likeness (QED) is 0.388. The van der Waals surface area contributed by atoms with E-state index in [-0.39, 0.29) is 0 Å². The van der Waals surface area contributed by atoms with Gasteiger partial charge in [-0.3, -0.25) is 0 Å². The second kappa shape index (κ2) is 11.1. The number of benzene rings is 3. The van der Waals surface area contributed by atoms with Gasteiger partial charge in [0, 0.05) is 6.54 Å². The maximum atomic E-state index is 6.43. The predicted molar refractivity (Wildman–Crippen MR) is 137 cm³/mol. The van der Waals surface area contributed by atoms with Gasteiger partial charge >= 0.3 is 0 Å². The minimum atomic E-state index is 0.380. The van der Waals surface area contributed by atoms with E-state index in [2.05, 4.69) is 95.9 Å². The van der Waals surface area contributed by atoms with E-state index < -0.39 is 0 Å². The third-order valence-corrected chi connectivity index (χ3v) is 7.82. The lowest BCUT2D eigenvalue weighted by atomic mass is 9.86. The monoisotopic (exact) mass is 439 g/mol. The predicted octanol–water partition coefficient (Wildman–Crippen LogP) is 6.69. The Morgan fingerprint density at radius 2 is 1.30 bits per heavy atom. The molecule has 0 aromatic heterocycles. The van der Waals surface area contributed by atoms with Gasteiger partial charge < -0.3 is 9.64 Å². The standard InChI is InChI=1S/C31H37NO/c1-4-10-25(11-5-1)18-21-33-30-22-29(31(23-30)28-14-8-3-9-15-28)24-32-19-16-27(17-20-32)26-12-6-2-7-13-26/h1-15,27,29-31H,16-24H2. The molecule has 172 valence electrons. The Balaban J connectivity index is 1.17. The van der Waals surface area contributed by atoms with Gasteiger partial charge in [0.2, 0.25) is 0 Å². The molecule has 1 saturated heterocycles. The van der Waals surface area contributed by atoms with Crippen molar-refractivity contribution in [2.24, 2.45) is 5.92 Å². The molecule has 3 unspecified atom stereocenters. The van der Waals surface area contributed by atoms with Crippen molar-refractivity contribution in [1.29, 1.82) is 0 Å². The number of piperidine rings is 1. The minimum absolute atomic E-state index is 0.380. The van der Waals surface area contributed by atoms with Crippen molar-refractivity contribution in [2.45, 2.75) is 50.0 Å². The summed E-state index contributed by atoms with van der Waals surface area (Å²) in [6, 6.07) is 33.0. The molecule has 1 saturated carbocycles. The first-order valence-electron chi connectivity index (χ1n) is 12.8. The number of likely N-dealkylation sites (tertiary alicyclic amines) is 1. The first kappa shape index (κ1) is 22.4. The van der Waals surface area contributed by atoms with Crippen molar-refractivity contribution < 1.29 is 4.74 Å². The van der Waals surface area contributed by atoms with Gasteiger partial charge in [0.1, 0.15) is 0 Å². The molecule has 0 bridgehead atoms. The van der Waals surface area contributed by atoms with Crippen LogP contribution < -0.4 is 0 Å². The Bertz CT molecular complexity index is 950. The van der Waals surface area contributed by atoms with Crippen LogP contribution in [0.1, 0.15) is 54.2 Å². The van der Waals surface area contributed by atoms with Crippen molar-refractivity contribution in [1.82, 2.24) is 4.90 Å². The fourth-order valence-electron chi connectivity index (χ4n) is 6.01. The smallest absolute Gasteiger partial charge is 0.0584 e. The molecular formula is C31H37NO. The first-order valence-corrected chi connectivity index (χ1v) is 12.8. The van der Waals surface area contributed by atoms with Gasteiger partial charge in [-0.2, -0.15) is 0 Å². The molecule has 0 radical (unpaired) electrons. The zero-order chi connectivity index (χ0) is 22.3. The largest absolute Gasteiger partial charge is 0.378 e. The fraction of sp³-hybridized carbons (Fsp3) is 0.419. The Hall–Kier alpha value is -2.42. The van der Waals surface area contributed by atoms with Crippen LogP contribution in [0.5, 0.6) is 0 Å². The van der Waals surface area contributed by atoms with Crippen LogP contribution in [0.4, 0.5) is 0 Å². The molecule has 33 heavy (non-hydrogen) atoms. The normalized spacial score (nSPS) is 24.2. The third kappa shape index (κ3) is 5.93. The highest BCUT2D eigenvalue weighted by molar-refractivity contribution is 5.23. The lowest BCUT2D eigenvalue weighted by Crippen LogP contribution is -2.37. The number of rotatable bonds is 8. The first-order chi connectivity index (χ1) is 16.3. The van der Waals surface area contributed by atoms with Crippen LogP contribution in [0.25, 0.3) is 0 Å². The summed E-state index contributed by atoms with van der Waals surface area (Å²) in [5.74, 6) is 2.02. The third-order valence-electron chi connectivity index (χ3n) is 7.82. The van der Waals surface area contributed by atoms with Crippen LogP contribution in [-0.2, 0) is 11.2 Å². The van der Waals surface area contributed by atoms with Crippen LogP contribution in [0.3, 0.4) is 0 Å². The van der Waals surface area contributed by atoms with Crippen LogP contribution in [-0.4, -0.2) is 37.2 Å². The van der Waals surface area contributed by atoms with Crippen molar-refractivity contribution in [2.75, 3.05) is 26.2 Å². The summed E-state index contributed by atoms with van der Waals surface area (Å²) in [4.78, 5) is 2.73. The molecule has 0 amide bonds. The molecule has 0 N–H and O–H groups in total. The van der Waals surface area contributed by atoms with Gasteiger partial charge in [-0.15, -0.1) is 0 Å². The molecule has 3 atom stereocenters. The van der Waals surface area contributed by atoms with Crippen molar-refractivity contribution >= 4 is 0 Å². The van der Waals surface area contributed by atoms with Gasteiger partial charge in [-0.1, -0.05) is 91.0 Å². The molecule has 1 aliphatic heterocycles. The van der Waals surface area contributed by atoms with E-state index in [9.17, 15) is 0 Å². The van der Waals surface area contributed by atoms with Crippen molar-refractivity contribution in [3.8, 4) is 0 Å². The summed E-state index contributed by atoms with van der Waals surface area (Å²) in [6.07, 6.45) is 6.29. The highest BCUT2D eigenvalue weighted by atomic mass is 16.5. The average Bonchev–Trinajstić information content (AvgIpc) is 3.28. The Labute approximate surface area is 199 Å². The topological polar surface area (TPSA) is 12.5 Å². The van der Waals surface area contributed by atoms with Gasteiger partial charge in [-0.05, 0) is 79.6 Å². The van der Waals surface area contributed by atoms with E-state index in [4.69, 9.17) is 4.74 Å². The van der Waals surface area contributed by atoms with Gasteiger partial charge in [0.05, 0.1) is 12.7 Å². The van der Waals surface area contributed by atoms with Crippen molar-refractivity contribution in [3.05, 3.63) is 108 Å². The lowest BCUT2D eigenvalue weighted by molar-refractivity contribution is 0.0553. The summed E-state index contributed by atoms with van der Waals surface area (Å²) >= 11 is 0. The molecule has 3 aromatic carbocycles. The molecule has 2 nitrogen and oxygen atoms in total. The summed E-state index contributed by atoms with van der Waals surface area (Å²) in [7, 11) is 0. The summed E-state index contributed by atoms with van der Waals surface area (Å²) < 4.78 is 6.43. The molecule has 2 aliphatic rings. The van der Waals surface area contributed by atoms with Crippen LogP contribution in [0.2, 0.25) is 0 Å². The summed E-state index contributed by atoms with van der Waals surface area (Å²) in [6.45, 7) is 4.47. The Kier molecular flexibility index (Phi) is 7.55. The SMILES string of the molecule is c1ccc(CCOC2CC(CN3CCC(c4ccccc4)CC3)C(c3ccccc3)C2)cc1. The van der Waals surface area contributed by atoms with Crippen molar-refractivity contribution in [3.63, 3.8) is 0 Å². The molecule has 2 fully saturated rings. The van der Waals surface area contributed by atoms with E-state index in [0.29, 0.717) is 17.9 Å². The Morgan fingerprint density at radius 1 is 0.697 bits per heavy atom. The summed E-state index contributed by atoms with van der Waals surface area (Å²) in [5.41, 5.74) is 4.39. The van der Waals surface area contributed by atoms with Crippen LogP contribution >= 0.6 is 0 Å². The van der Waals surface area contributed by atoms with E-state index in [1.807, 2.05) is 0 Å². The second-order valence-electron chi connectivity index (χ2n) is 9.96. The number of hydrogen-bond acceptors (Lipinski definition) is 2. The summed E-state index contributed by atoms with van der Waals surface area (Å²) in [5, 5.41) is 0. The molecule has 1 heterocycles. The molecule has 0 spiro atoms. The van der Waals surface area contributed by atoms with E-state index >= 15 is 0 Å². The maximum absolute atomic E-state index is 6.43. The molecule has 2 heteroatoms. The molecular weight excluding hydrogens is 402 g/mol. The Morgan fingerprint density at radius 3 is 1.97 bits per heavy atom. The lowest BCUT2D eigenvalue weighted by Gasteiger charge is -2.35. The van der Waals surface area contributed by atoms with Crippen LogP contribution in [0.15, 0.2) is 91.0 Å². The minimum Gasteiger partial charge on any atom is -0.378 e. The second-order valence-corrected chi connectivity index (χ2v) is 9.96. The molecule has 1 aliphatic carbocycles. The van der Waals surface area contributed by atoms with E-state index in [1.54, 1.807) is 0 Å². The van der Waals surface area contributed by atoms with E-state index in [0.717, 1.165) is 25.4 Å². The van der Waals surface area contributed by atoms with Gasteiger partial charge in [-0.25, -0.2) is 0 Å². The number of nitrogens with zero attached hydrogens (tertiary/aromatic N) is 1. The van der Waals surface area contributed by atoms with Gasteiger partial charge in [0.25, 0.3) is 0 Å². The maximum Gasteiger partial charge on any atom is 0.0584 e. The molecule has 5 rings (SSSR count).